The molecular formula is C20H23ClN2O3. The lowest BCUT2D eigenvalue weighted by atomic mass is 10.0. The minimum atomic E-state index is -0.901. The van der Waals surface area contributed by atoms with Gasteiger partial charge in [0.25, 0.3) is 0 Å². The first-order chi connectivity index (χ1) is 12.6. The number of nitrogens with zero attached hydrogens (tertiary/aromatic N) is 2. The maximum atomic E-state index is 10.9. The summed E-state index contributed by atoms with van der Waals surface area (Å²) in [7, 11) is 0. The van der Waals surface area contributed by atoms with Gasteiger partial charge in [0.1, 0.15) is 0 Å². The van der Waals surface area contributed by atoms with Crippen molar-refractivity contribution in [2.75, 3.05) is 32.8 Å². The molecule has 5 nitrogen and oxygen atoms in total. The molecule has 6 heteroatoms. The number of hydrogen-bond donors (Lipinski definition) is 2. The van der Waals surface area contributed by atoms with Crippen LogP contribution in [-0.2, 0) is 6.54 Å². The Morgan fingerprint density at radius 3 is 2.15 bits per heavy atom. The van der Waals surface area contributed by atoms with Gasteiger partial charge in [-0.05, 0) is 35.4 Å². The number of aromatic carboxylic acids is 1. The van der Waals surface area contributed by atoms with Crippen molar-refractivity contribution in [3.8, 4) is 0 Å². The fraction of sp³-hybridized carbons (Fsp3) is 0.350. The second-order valence-corrected chi connectivity index (χ2v) is 7.00. The lowest BCUT2D eigenvalue weighted by Gasteiger charge is -2.39. The lowest BCUT2D eigenvalue weighted by Crippen LogP contribution is -2.47. The van der Waals surface area contributed by atoms with Gasteiger partial charge in [-0.15, -0.1) is 0 Å². The number of aliphatic hydroxyl groups excluding tert-OH is 1. The van der Waals surface area contributed by atoms with Crippen molar-refractivity contribution in [2.24, 2.45) is 0 Å². The number of aliphatic hydroxyl groups is 1. The van der Waals surface area contributed by atoms with Crippen LogP contribution < -0.4 is 0 Å². The van der Waals surface area contributed by atoms with E-state index in [0.717, 1.165) is 43.9 Å². The number of carbonyl (C=O) groups is 1. The van der Waals surface area contributed by atoms with Gasteiger partial charge in [-0.1, -0.05) is 35.9 Å². The number of rotatable bonds is 6. The van der Waals surface area contributed by atoms with Gasteiger partial charge in [0.05, 0.1) is 18.2 Å². The SMILES string of the molecule is O=C(O)c1ccc(CN2CCN(C(CO)c3ccc(Cl)cc3)CC2)cc1. The van der Waals surface area contributed by atoms with Gasteiger partial charge in [0.15, 0.2) is 0 Å². The number of carboxylic acids is 1. The number of halogens is 1. The minimum absolute atomic E-state index is 0.00994. The average molecular weight is 375 g/mol. The Morgan fingerprint density at radius 1 is 1.00 bits per heavy atom. The van der Waals surface area contributed by atoms with E-state index >= 15 is 0 Å². The van der Waals surface area contributed by atoms with Gasteiger partial charge >= 0.3 is 5.97 Å². The molecule has 138 valence electrons. The highest BCUT2D eigenvalue weighted by Gasteiger charge is 2.24. The van der Waals surface area contributed by atoms with Crippen LogP contribution in [0, 0.1) is 0 Å². The highest BCUT2D eigenvalue weighted by atomic mass is 35.5. The molecule has 2 aromatic carbocycles. The van der Waals surface area contributed by atoms with Crippen LogP contribution in [0.3, 0.4) is 0 Å². The molecule has 2 aromatic rings. The topological polar surface area (TPSA) is 64.0 Å². The molecule has 0 spiro atoms. The van der Waals surface area contributed by atoms with Crippen LogP contribution in [0.1, 0.15) is 27.5 Å². The second-order valence-electron chi connectivity index (χ2n) is 6.56. The Kier molecular flexibility index (Phi) is 6.27. The van der Waals surface area contributed by atoms with E-state index in [9.17, 15) is 9.90 Å². The third kappa shape index (κ3) is 4.62. The van der Waals surface area contributed by atoms with Gasteiger partial charge in [0.2, 0.25) is 0 Å². The minimum Gasteiger partial charge on any atom is -0.478 e. The number of hydrogen-bond acceptors (Lipinski definition) is 4. The Balaban J connectivity index is 1.56. The normalized spacial score (nSPS) is 17.2. The van der Waals surface area contributed by atoms with Crippen LogP contribution in [0.15, 0.2) is 48.5 Å². The molecule has 1 aliphatic rings. The zero-order valence-electron chi connectivity index (χ0n) is 14.5. The quantitative estimate of drug-likeness (QED) is 0.814. The van der Waals surface area contributed by atoms with E-state index < -0.39 is 5.97 Å². The maximum Gasteiger partial charge on any atom is 0.335 e. The zero-order chi connectivity index (χ0) is 18.5. The molecule has 2 N–H and O–H groups in total. The highest BCUT2D eigenvalue weighted by Crippen LogP contribution is 2.24. The molecule has 0 aliphatic carbocycles. The Morgan fingerprint density at radius 2 is 1.62 bits per heavy atom. The Labute approximate surface area is 158 Å². The second kappa shape index (κ2) is 8.64. The zero-order valence-corrected chi connectivity index (χ0v) is 15.3. The van der Waals surface area contributed by atoms with E-state index in [4.69, 9.17) is 16.7 Å². The third-order valence-electron chi connectivity index (χ3n) is 4.88. The fourth-order valence-corrected chi connectivity index (χ4v) is 3.49. The molecule has 0 bridgehead atoms. The van der Waals surface area contributed by atoms with Crippen LogP contribution in [0.25, 0.3) is 0 Å². The molecule has 1 aliphatic heterocycles. The van der Waals surface area contributed by atoms with E-state index in [1.54, 1.807) is 12.1 Å². The van der Waals surface area contributed by atoms with E-state index in [1.165, 1.54) is 0 Å². The number of piperazine rings is 1. The summed E-state index contributed by atoms with van der Waals surface area (Å²) >= 11 is 5.95. The summed E-state index contributed by atoms with van der Waals surface area (Å²) in [6.45, 7) is 4.45. The Hall–Kier alpha value is -1.92. The molecule has 1 unspecified atom stereocenters. The predicted molar refractivity (Wildman–Crippen MR) is 102 cm³/mol. The molecule has 1 atom stereocenters. The molecule has 0 aromatic heterocycles. The summed E-state index contributed by atoms with van der Waals surface area (Å²) in [5.74, 6) is -0.901. The van der Waals surface area contributed by atoms with Crippen LogP contribution in [0.5, 0.6) is 0 Å². The van der Waals surface area contributed by atoms with E-state index in [1.807, 2.05) is 36.4 Å². The van der Waals surface area contributed by atoms with Crippen LogP contribution >= 0.6 is 11.6 Å². The van der Waals surface area contributed by atoms with Crippen LogP contribution in [0.4, 0.5) is 0 Å². The molecule has 1 heterocycles. The van der Waals surface area contributed by atoms with E-state index in [-0.39, 0.29) is 12.6 Å². The van der Waals surface area contributed by atoms with Gasteiger partial charge in [-0.2, -0.15) is 0 Å². The van der Waals surface area contributed by atoms with Gasteiger partial charge in [-0.3, -0.25) is 9.80 Å². The summed E-state index contributed by atoms with van der Waals surface area (Å²) in [6.07, 6.45) is 0. The van der Waals surface area contributed by atoms with Gasteiger partial charge in [-0.25, -0.2) is 4.79 Å². The van der Waals surface area contributed by atoms with Crippen molar-refractivity contribution < 1.29 is 15.0 Å². The molecule has 1 saturated heterocycles. The fourth-order valence-electron chi connectivity index (χ4n) is 3.36. The molecular weight excluding hydrogens is 352 g/mol. The van der Waals surface area contributed by atoms with Crippen LogP contribution in [0.2, 0.25) is 5.02 Å². The Bertz CT molecular complexity index is 726. The molecule has 26 heavy (non-hydrogen) atoms. The van der Waals surface area contributed by atoms with Crippen LogP contribution in [-0.4, -0.2) is 58.8 Å². The first kappa shape index (κ1) is 18.9. The average Bonchev–Trinajstić information content (AvgIpc) is 2.65. The largest absolute Gasteiger partial charge is 0.478 e. The van der Waals surface area contributed by atoms with Crippen molar-refractivity contribution in [3.63, 3.8) is 0 Å². The van der Waals surface area contributed by atoms with E-state index in [2.05, 4.69) is 9.80 Å². The van der Waals surface area contributed by atoms with E-state index in [0.29, 0.717) is 10.6 Å². The third-order valence-corrected chi connectivity index (χ3v) is 5.13. The van der Waals surface area contributed by atoms with Crippen molar-refractivity contribution in [2.45, 2.75) is 12.6 Å². The van der Waals surface area contributed by atoms with Gasteiger partial charge in [0, 0.05) is 37.7 Å². The first-order valence-electron chi connectivity index (χ1n) is 8.72. The molecule has 1 fully saturated rings. The predicted octanol–water partition coefficient (Wildman–Crippen LogP) is 2.89. The highest BCUT2D eigenvalue weighted by molar-refractivity contribution is 6.30. The van der Waals surface area contributed by atoms with Crippen molar-refractivity contribution >= 4 is 17.6 Å². The summed E-state index contributed by atoms with van der Waals surface area (Å²) < 4.78 is 0. The maximum absolute atomic E-state index is 10.9. The summed E-state index contributed by atoms with van der Waals surface area (Å²) in [5, 5.41) is 19.5. The van der Waals surface area contributed by atoms with Crippen molar-refractivity contribution in [1.29, 1.82) is 0 Å². The first-order valence-corrected chi connectivity index (χ1v) is 9.09. The molecule has 0 amide bonds. The molecule has 3 rings (SSSR count). The molecule has 0 radical (unpaired) electrons. The van der Waals surface area contributed by atoms with Crippen molar-refractivity contribution in [1.82, 2.24) is 9.80 Å². The number of carboxylic acid groups (broad SMARTS) is 1. The standard InChI is InChI=1S/C20H23ClN2O3/c21-18-7-5-16(6-8-18)19(14-24)23-11-9-22(10-12-23)13-15-1-3-17(4-2-15)20(25)26/h1-8,19,24H,9-14H2,(H,25,26). The summed E-state index contributed by atoms with van der Waals surface area (Å²) in [5.41, 5.74) is 2.50. The lowest BCUT2D eigenvalue weighted by molar-refractivity contribution is 0.0621. The van der Waals surface area contributed by atoms with Gasteiger partial charge < -0.3 is 10.2 Å². The molecule has 0 saturated carbocycles. The smallest absolute Gasteiger partial charge is 0.335 e. The monoisotopic (exact) mass is 374 g/mol. The summed E-state index contributed by atoms with van der Waals surface area (Å²) in [4.78, 5) is 15.6. The van der Waals surface area contributed by atoms with Crippen molar-refractivity contribution in [3.05, 3.63) is 70.2 Å². The number of benzene rings is 2. The summed E-state index contributed by atoms with van der Waals surface area (Å²) in [6, 6.07) is 14.7.